The zero-order valence-corrected chi connectivity index (χ0v) is 18.0. The summed E-state index contributed by atoms with van der Waals surface area (Å²) in [5.41, 5.74) is 0.596. The van der Waals surface area contributed by atoms with Crippen molar-refractivity contribution < 1.29 is 31.9 Å². The van der Waals surface area contributed by atoms with Gasteiger partial charge in [0.2, 0.25) is 10.0 Å². The monoisotopic (exact) mass is 455 g/mol. The highest BCUT2D eigenvalue weighted by atomic mass is 32.2. The third kappa shape index (κ3) is 6.47. The van der Waals surface area contributed by atoms with Crippen LogP contribution in [0.2, 0.25) is 0 Å². The van der Waals surface area contributed by atoms with Gasteiger partial charge in [0, 0.05) is 12.6 Å². The van der Waals surface area contributed by atoms with Crippen LogP contribution in [0, 0.1) is 11.7 Å². The summed E-state index contributed by atoms with van der Waals surface area (Å²) in [6, 6.07) is 2.99. The number of amides is 4. The topological polar surface area (TPSA) is 122 Å². The smallest absolute Gasteiger partial charge is 0.331 e. The summed E-state index contributed by atoms with van der Waals surface area (Å²) in [4.78, 5) is 34.8. The highest BCUT2D eigenvalue weighted by Gasteiger charge is 2.36. The number of nitrogens with zero attached hydrogens (tertiary/aromatic N) is 1. The van der Waals surface area contributed by atoms with Crippen molar-refractivity contribution in [1.82, 2.24) is 14.9 Å². The molecule has 1 aliphatic carbocycles. The average Bonchev–Trinajstić information content (AvgIpc) is 3.49. The van der Waals surface area contributed by atoms with E-state index in [0.717, 1.165) is 17.7 Å². The lowest BCUT2D eigenvalue weighted by molar-refractivity contribution is -0.140. The zero-order chi connectivity index (χ0) is 22.6. The number of urea groups is 1. The van der Waals surface area contributed by atoms with Crippen LogP contribution in [0.15, 0.2) is 18.2 Å². The Morgan fingerprint density at radius 3 is 2.61 bits per heavy atom. The number of carbonyl (C=O) groups is 3. The molecule has 0 unspecified atom stereocenters. The number of ether oxygens (including phenoxy) is 1. The minimum Gasteiger partial charge on any atom is -0.490 e. The molecule has 31 heavy (non-hydrogen) atoms. The zero-order valence-electron chi connectivity index (χ0n) is 17.2. The average molecular weight is 456 g/mol. The molecule has 1 heterocycles. The third-order valence-corrected chi connectivity index (χ3v) is 6.72. The van der Waals surface area contributed by atoms with Crippen LogP contribution in [0.5, 0.6) is 5.75 Å². The quantitative estimate of drug-likeness (QED) is 0.282. The van der Waals surface area contributed by atoms with Gasteiger partial charge in [-0.3, -0.25) is 19.8 Å². The molecule has 3 rings (SSSR count). The molecule has 2 aliphatic rings. The molecule has 1 aromatic carbocycles. The van der Waals surface area contributed by atoms with Gasteiger partial charge in [-0.05, 0) is 56.2 Å². The van der Waals surface area contributed by atoms with Crippen molar-refractivity contribution in [2.75, 3.05) is 18.9 Å². The van der Waals surface area contributed by atoms with Gasteiger partial charge < -0.3 is 4.74 Å². The summed E-state index contributed by atoms with van der Waals surface area (Å²) in [5.74, 6) is -1.87. The maximum atomic E-state index is 13.9. The number of carbonyl (C=O) groups excluding carboxylic acids is 3. The van der Waals surface area contributed by atoms with E-state index in [1.54, 1.807) is 6.92 Å². The number of halogens is 1. The lowest BCUT2D eigenvalue weighted by Crippen LogP contribution is -2.32. The Bertz CT molecular complexity index is 964. The fourth-order valence-corrected chi connectivity index (χ4v) is 4.54. The van der Waals surface area contributed by atoms with Gasteiger partial charge in [-0.15, -0.1) is 0 Å². The number of hydrogen-bond acceptors (Lipinski definition) is 6. The highest BCUT2D eigenvalue weighted by Crippen LogP contribution is 2.31. The molecule has 1 saturated heterocycles. The minimum atomic E-state index is -3.60. The summed E-state index contributed by atoms with van der Waals surface area (Å²) in [5, 5.41) is 1.90. The van der Waals surface area contributed by atoms with Crippen molar-refractivity contribution in [3.63, 3.8) is 0 Å². The van der Waals surface area contributed by atoms with Crippen LogP contribution in [0.3, 0.4) is 0 Å². The van der Waals surface area contributed by atoms with E-state index in [0.29, 0.717) is 37.4 Å². The van der Waals surface area contributed by atoms with E-state index in [4.69, 9.17) is 4.74 Å². The van der Waals surface area contributed by atoms with Gasteiger partial charge in [-0.2, -0.15) is 0 Å². The van der Waals surface area contributed by atoms with Gasteiger partial charge in [-0.1, -0.05) is 12.5 Å². The fourth-order valence-electron chi connectivity index (χ4n) is 3.16. The Balaban J connectivity index is 1.43. The van der Waals surface area contributed by atoms with Crippen LogP contribution in [-0.4, -0.2) is 50.1 Å². The maximum Gasteiger partial charge on any atom is 0.331 e. The number of sulfonamides is 1. The van der Waals surface area contributed by atoms with Gasteiger partial charge in [-0.25, -0.2) is 22.3 Å². The fraction of sp³-hybridized carbons (Fsp3) is 0.550. The summed E-state index contributed by atoms with van der Waals surface area (Å²) < 4.78 is 46.7. The molecular weight excluding hydrogens is 429 g/mol. The third-order valence-electron chi connectivity index (χ3n) is 5.18. The van der Waals surface area contributed by atoms with Gasteiger partial charge in [0.05, 0.1) is 12.4 Å². The number of imide groups is 2. The molecule has 1 aliphatic heterocycles. The Kier molecular flexibility index (Phi) is 7.26. The van der Waals surface area contributed by atoms with Gasteiger partial charge in [0.15, 0.2) is 11.6 Å². The molecule has 0 bridgehead atoms. The Labute approximate surface area is 180 Å². The van der Waals surface area contributed by atoms with Crippen molar-refractivity contribution in [2.24, 2.45) is 5.92 Å². The van der Waals surface area contributed by atoms with Crippen LogP contribution in [0.25, 0.3) is 0 Å². The van der Waals surface area contributed by atoms with Crippen LogP contribution in [0.1, 0.15) is 50.6 Å². The van der Waals surface area contributed by atoms with Gasteiger partial charge >= 0.3 is 17.8 Å². The first-order valence-electron chi connectivity index (χ1n) is 10.3. The lowest BCUT2D eigenvalue weighted by atomic mass is 10.1. The van der Waals surface area contributed by atoms with Crippen molar-refractivity contribution in [3.8, 4) is 5.75 Å². The van der Waals surface area contributed by atoms with Crippen molar-refractivity contribution in [2.45, 2.75) is 45.1 Å². The SMILES string of the molecule is C[C@@H](NS(=O)(=O)CCCCCN1C(=O)NC(=O)C1=O)c1ccc(F)c(OCC2CC2)c1. The van der Waals surface area contributed by atoms with Crippen LogP contribution in [-0.2, 0) is 19.6 Å². The first kappa shape index (κ1) is 23.1. The van der Waals surface area contributed by atoms with E-state index in [9.17, 15) is 27.2 Å². The predicted octanol–water partition coefficient (Wildman–Crippen LogP) is 1.84. The van der Waals surface area contributed by atoms with Crippen molar-refractivity contribution in [1.29, 1.82) is 0 Å². The number of unbranched alkanes of at least 4 members (excludes halogenated alkanes) is 2. The molecule has 1 atom stereocenters. The molecule has 1 saturated carbocycles. The van der Waals surface area contributed by atoms with E-state index >= 15 is 0 Å². The molecule has 2 N–H and O–H groups in total. The second kappa shape index (κ2) is 9.73. The van der Waals surface area contributed by atoms with E-state index < -0.39 is 39.7 Å². The largest absolute Gasteiger partial charge is 0.490 e. The molecule has 11 heteroatoms. The van der Waals surface area contributed by atoms with E-state index in [-0.39, 0.29) is 18.0 Å². The minimum absolute atomic E-state index is 0.0551. The summed E-state index contributed by atoms with van der Waals surface area (Å²) in [6.07, 6.45) is 3.32. The summed E-state index contributed by atoms with van der Waals surface area (Å²) >= 11 is 0. The second-order valence-electron chi connectivity index (χ2n) is 7.88. The van der Waals surface area contributed by atoms with Crippen molar-refractivity contribution >= 4 is 27.9 Å². The maximum absolute atomic E-state index is 13.9. The molecule has 9 nitrogen and oxygen atoms in total. The number of nitrogens with one attached hydrogen (secondary N) is 2. The highest BCUT2D eigenvalue weighted by molar-refractivity contribution is 7.89. The molecule has 0 spiro atoms. The van der Waals surface area contributed by atoms with Crippen LogP contribution in [0.4, 0.5) is 9.18 Å². The van der Waals surface area contributed by atoms with Crippen LogP contribution >= 0.6 is 0 Å². The number of benzene rings is 1. The molecule has 0 aromatic heterocycles. The Hall–Kier alpha value is -2.53. The van der Waals surface area contributed by atoms with E-state index in [1.807, 2.05) is 5.32 Å². The normalized spacial score (nSPS) is 17.7. The van der Waals surface area contributed by atoms with E-state index in [1.165, 1.54) is 18.2 Å². The second-order valence-corrected chi connectivity index (χ2v) is 9.75. The number of hydrogen-bond donors (Lipinski definition) is 2. The Morgan fingerprint density at radius 1 is 1.23 bits per heavy atom. The molecule has 2 fully saturated rings. The predicted molar refractivity (Wildman–Crippen MR) is 109 cm³/mol. The molecule has 0 radical (unpaired) electrons. The molecule has 170 valence electrons. The summed E-state index contributed by atoms with van der Waals surface area (Å²) in [6.45, 7) is 2.18. The molecule has 1 aromatic rings. The number of rotatable bonds is 12. The lowest BCUT2D eigenvalue weighted by Gasteiger charge is -2.16. The van der Waals surface area contributed by atoms with Crippen molar-refractivity contribution in [3.05, 3.63) is 29.6 Å². The first-order valence-corrected chi connectivity index (χ1v) is 11.9. The standard InChI is InChI=1S/C20H26FN3O6S/c1-13(15-7-8-16(21)17(11-15)30-12-14-5-6-14)23-31(28,29)10-4-2-3-9-24-19(26)18(25)22-20(24)27/h7-8,11,13-14,23H,2-6,9-10,12H2,1H3,(H,22,25,27)/t13-/m1/s1. The molecular formula is C20H26FN3O6S. The molecule has 4 amide bonds. The van der Waals surface area contributed by atoms with E-state index in [2.05, 4.69) is 4.72 Å². The summed E-state index contributed by atoms with van der Waals surface area (Å²) in [7, 11) is -3.60. The van der Waals surface area contributed by atoms with Crippen LogP contribution < -0.4 is 14.8 Å². The van der Waals surface area contributed by atoms with Gasteiger partial charge in [0.25, 0.3) is 0 Å². The Morgan fingerprint density at radius 2 is 1.97 bits per heavy atom. The first-order chi connectivity index (χ1) is 14.7. The van der Waals surface area contributed by atoms with Gasteiger partial charge in [0.1, 0.15) is 0 Å².